The highest BCUT2D eigenvalue weighted by atomic mass is 32.2. The Morgan fingerprint density at radius 2 is 2.20 bits per heavy atom. The number of anilines is 1. The Balaban J connectivity index is 1.64. The van der Waals surface area contributed by atoms with E-state index in [1.165, 1.54) is 30.7 Å². The quantitative estimate of drug-likeness (QED) is 0.923. The molecule has 2 heterocycles. The van der Waals surface area contributed by atoms with E-state index >= 15 is 0 Å². The predicted octanol–water partition coefficient (Wildman–Crippen LogP) is 3.06. The van der Waals surface area contributed by atoms with Crippen molar-refractivity contribution in [3.8, 4) is 0 Å². The fraction of sp³-hybridized carbons (Fsp3) is 0.688. The van der Waals surface area contributed by atoms with Crippen LogP contribution in [0, 0.1) is 0 Å². The van der Waals surface area contributed by atoms with E-state index in [2.05, 4.69) is 54.0 Å². The molecule has 0 aromatic carbocycles. The van der Waals surface area contributed by atoms with Gasteiger partial charge in [0.05, 0.1) is 5.69 Å². The highest BCUT2D eigenvalue weighted by Crippen LogP contribution is 2.31. The summed E-state index contributed by atoms with van der Waals surface area (Å²) in [4.78, 5) is 7.29. The zero-order chi connectivity index (χ0) is 14.0. The van der Waals surface area contributed by atoms with Gasteiger partial charge in [-0.2, -0.15) is 11.8 Å². The smallest absolute Gasteiger partial charge is 0.128 e. The molecule has 3 rings (SSSR count). The molecule has 2 fully saturated rings. The number of nitrogens with zero attached hydrogens (tertiary/aromatic N) is 2. The minimum atomic E-state index is 0.403. The average Bonchev–Trinajstić information content (AvgIpc) is 3.24. The molecule has 2 aliphatic rings. The van der Waals surface area contributed by atoms with Gasteiger partial charge in [0, 0.05) is 36.2 Å². The Bertz CT molecular complexity index is 457. The molecule has 1 saturated heterocycles. The first kappa shape index (κ1) is 14.2. The molecule has 0 amide bonds. The zero-order valence-electron chi connectivity index (χ0n) is 12.6. The number of aromatic nitrogens is 1. The molecular formula is C16H25N3S. The normalized spacial score (nSPS) is 22.6. The number of nitrogens with one attached hydrogen (secondary N) is 1. The lowest BCUT2D eigenvalue weighted by molar-refractivity contribution is 0.632. The van der Waals surface area contributed by atoms with Crippen molar-refractivity contribution in [2.45, 2.75) is 50.4 Å². The number of hydrogen-bond acceptors (Lipinski definition) is 4. The van der Waals surface area contributed by atoms with Gasteiger partial charge in [-0.05, 0) is 31.4 Å². The van der Waals surface area contributed by atoms with E-state index in [-0.39, 0.29) is 0 Å². The first-order chi connectivity index (χ1) is 9.62. The summed E-state index contributed by atoms with van der Waals surface area (Å²) < 4.78 is 0.403. The maximum atomic E-state index is 4.84. The Labute approximate surface area is 126 Å². The second kappa shape index (κ2) is 5.94. The molecule has 110 valence electrons. The van der Waals surface area contributed by atoms with E-state index in [4.69, 9.17) is 4.98 Å². The van der Waals surface area contributed by atoms with Crippen LogP contribution in [-0.2, 0) is 6.54 Å². The minimum Gasteiger partial charge on any atom is -0.356 e. The van der Waals surface area contributed by atoms with Crippen molar-refractivity contribution < 1.29 is 0 Å². The molecule has 1 aliphatic heterocycles. The third-order valence-electron chi connectivity index (χ3n) is 4.10. The largest absolute Gasteiger partial charge is 0.356 e. The predicted molar refractivity (Wildman–Crippen MR) is 87.5 cm³/mol. The van der Waals surface area contributed by atoms with Gasteiger partial charge >= 0.3 is 0 Å². The maximum Gasteiger partial charge on any atom is 0.128 e. The molecule has 1 aromatic rings. The Morgan fingerprint density at radius 3 is 3.00 bits per heavy atom. The standard InChI is InChI=1S/C16H25N3S/c1-16(2)8-9-19(10-11-20-16)15-5-3-4-14(18-15)12-17-13-6-7-13/h3-5,13,17H,6-12H2,1-2H3. The molecular weight excluding hydrogens is 266 g/mol. The van der Waals surface area contributed by atoms with Gasteiger partial charge in [0.15, 0.2) is 0 Å². The van der Waals surface area contributed by atoms with Gasteiger partial charge in [-0.25, -0.2) is 4.98 Å². The number of pyridine rings is 1. The molecule has 1 aromatic heterocycles. The van der Waals surface area contributed by atoms with Crippen molar-refractivity contribution in [3.63, 3.8) is 0 Å². The van der Waals surface area contributed by atoms with Crippen LogP contribution in [0.2, 0.25) is 0 Å². The summed E-state index contributed by atoms with van der Waals surface area (Å²) in [5.74, 6) is 2.34. The van der Waals surface area contributed by atoms with E-state index < -0.39 is 0 Å². The zero-order valence-corrected chi connectivity index (χ0v) is 13.4. The highest BCUT2D eigenvalue weighted by Gasteiger charge is 2.24. The molecule has 1 aliphatic carbocycles. The molecule has 0 unspecified atom stereocenters. The number of thioether (sulfide) groups is 1. The van der Waals surface area contributed by atoms with Crippen LogP contribution >= 0.6 is 11.8 Å². The molecule has 0 spiro atoms. The van der Waals surface area contributed by atoms with E-state index in [1.54, 1.807) is 0 Å². The Hall–Kier alpha value is -0.740. The van der Waals surface area contributed by atoms with E-state index in [9.17, 15) is 0 Å². The third-order valence-corrected chi connectivity index (χ3v) is 5.48. The van der Waals surface area contributed by atoms with Gasteiger partial charge in [-0.1, -0.05) is 19.9 Å². The Morgan fingerprint density at radius 1 is 1.35 bits per heavy atom. The van der Waals surface area contributed by atoms with Crippen LogP contribution in [0.1, 0.15) is 38.8 Å². The van der Waals surface area contributed by atoms with Crippen LogP contribution in [0.3, 0.4) is 0 Å². The SMILES string of the molecule is CC1(C)CCN(c2cccc(CNC3CC3)n2)CCS1. The molecule has 0 bridgehead atoms. The van der Waals surface area contributed by atoms with Gasteiger partial charge in [-0.3, -0.25) is 0 Å². The van der Waals surface area contributed by atoms with Crippen LogP contribution in [0.4, 0.5) is 5.82 Å². The fourth-order valence-corrected chi connectivity index (χ4v) is 3.63. The molecule has 20 heavy (non-hydrogen) atoms. The molecule has 1 saturated carbocycles. The summed E-state index contributed by atoms with van der Waals surface area (Å²) in [5.41, 5.74) is 1.17. The van der Waals surface area contributed by atoms with E-state index in [1.807, 2.05) is 0 Å². The number of hydrogen-bond donors (Lipinski definition) is 1. The van der Waals surface area contributed by atoms with Crippen molar-refractivity contribution >= 4 is 17.6 Å². The van der Waals surface area contributed by atoms with Crippen molar-refractivity contribution in [2.75, 3.05) is 23.7 Å². The van der Waals surface area contributed by atoms with Crippen molar-refractivity contribution in [1.29, 1.82) is 0 Å². The Kier molecular flexibility index (Phi) is 4.22. The lowest BCUT2D eigenvalue weighted by Crippen LogP contribution is -2.28. The van der Waals surface area contributed by atoms with Crippen LogP contribution in [0.5, 0.6) is 0 Å². The minimum absolute atomic E-state index is 0.403. The van der Waals surface area contributed by atoms with Crippen LogP contribution in [-0.4, -0.2) is 34.6 Å². The average molecular weight is 291 g/mol. The van der Waals surface area contributed by atoms with Gasteiger partial charge in [0.2, 0.25) is 0 Å². The van der Waals surface area contributed by atoms with Crippen molar-refractivity contribution in [1.82, 2.24) is 10.3 Å². The summed E-state index contributed by atoms with van der Waals surface area (Å²) >= 11 is 2.08. The summed E-state index contributed by atoms with van der Waals surface area (Å²) in [6.45, 7) is 7.84. The third kappa shape index (κ3) is 3.89. The summed E-state index contributed by atoms with van der Waals surface area (Å²) in [6, 6.07) is 7.19. The molecule has 0 radical (unpaired) electrons. The van der Waals surface area contributed by atoms with Crippen molar-refractivity contribution in [3.05, 3.63) is 23.9 Å². The maximum absolute atomic E-state index is 4.84. The van der Waals surface area contributed by atoms with E-state index in [0.717, 1.165) is 31.5 Å². The lowest BCUT2D eigenvalue weighted by Gasteiger charge is -2.23. The number of rotatable bonds is 4. The fourth-order valence-electron chi connectivity index (χ4n) is 2.53. The molecule has 1 N–H and O–H groups in total. The molecule has 0 atom stereocenters. The molecule has 4 heteroatoms. The van der Waals surface area contributed by atoms with Crippen molar-refractivity contribution in [2.24, 2.45) is 0 Å². The lowest BCUT2D eigenvalue weighted by atomic mass is 10.1. The van der Waals surface area contributed by atoms with Gasteiger partial charge in [0.25, 0.3) is 0 Å². The van der Waals surface area contributed by atoms with Crippen LogP contribution in [0.15, 0.2) is 18.2 Å². The molecule has 3 nitrogen and oxygen atoms in total. The summed E-state index contributed by atoms with van der Waals surface area (Å²) in [7, 11) is 0. The highest BCUT2D eigenvalue weighted by molar-refractivity contribution is 8.00. The van der Waals surface area contributed by atoms with Gasteiger partial charge < -0.3 is 10.2 Å². The van der Waals surface area contributed by atoms with Crippen LogP contribution < -0.4 is 10.2 Å². The van der Waals surface area contributed by atoms with Gasteiger partial charge in [0.1, 0.15) is 5.82 Å². The van der Waals surface area contributed by atoms with E-state index in [0.29, 0.717) is 4.75 Å². The summed E-state index contributed by atoms with van der Waals surface area (Å²) in [6.07, 6.45) is 3.89. The topological polar surface area (TPSA) is 28.2 Å². The second-order valence-electron chi connectivity index (χ2n) is 6.49. The van der Waals surface area contributed by atoms with Gasteiger partial charge in [-0.15, -0.1) is 0 Å². The first-order valence-electron chi connectivity index (χ1n) is 7.71. The van der Waals surface area contributed by atoms with Crippen LogP contribution in [0.25, 0.3) is 0 Å². The first-order valence-corrected chi connectivity index (χ1v) is 8.69. The monoisotopic (exact) mass is 291 g/mol. The summed E-state index contributed by atoms with van der Waals surface area (Å²) in [5, 5.41) is 3.54. The second-order valence-corrected chi connectivity index (χ2v) is 8.29.